The number of hydrogen-bond donors (Lipinski definition) is 5. The Hall–Kier alpha value is -3.88. The third-order valence-corrected chi connectivity index (χ3v) is 14.1. The molecule has 2 aromatic rings. The Kier molecular flexibility index (Phi) is 10.1. The summed E-state index contributed by atoms with van der Waals surface area (Å²) in [7, 11) is 0. The van der Waals surface area contributed by atoms with E-state index < -0.39 is 46.4 Å². The highest BCUT2D eigenvalue weighted by Crippen LogP contribution is 2.67. The Morgan fingerprint density at radius 3 is 2.06 bits per heavy atom. The van der Waals surface area contributed by atoms with Crippen LogP contribution in [0.2, 0.25) is 0 Å². The Labute approximate surface area is 301 Å². The first kappa shape index (κ1) is 36.9. The number of phenols is 5. The van der Waals surface area contributed by atoms with Gasteiger partial charge in [0.15, 0.2) is 28.7 Å². The second-order valence-electron chi connectivity index (χ2n) is 17.1. The molecule has 9 heteroatoms. The van der Waals surface area contributed by atoms with Gasteiger partial charge in [0.1, 0.15) is 6.10 Å². The lowest BCUT2D eigenvalue weighted by Gasteiger charge is -2.58. The summed E-state index contributed by atoms with van der Waals surface area (Å²) in [6, 6.07) is 3.85. The zero-order chi connectivity index (χ0) is 37.0. The molecule has 3 saturated carbocycles. The van der Waals surface area contributed by atoms with Gasteiger partial charge in [-0.1, -0.05) is 66.0 Å². The third-order valence-electron chi connectivity index (χ3n) is 14.1. The van der Waals surface area contributed by atoms with Crippen molar-refractivity contribution in [3.8, 4) is 34.5 Å². The van der Waals surface area contributed by atoms with Gasteiger partial charge in [0.25, 0.3) is 0 Å². The predicted molar refractivity (Wildman–Crippen MR) is 193 cm³/mol. The molecule has 9 atom stereocenters. The van der Waals surface area contributed by atoms with Gasteiger partial charge < -0.3 is 35.0 Å². The number of esters is 2. The van der Waals surface area contributed by atoms with Crippen LogP contribution in [0.3, 0.4) is 0 Å². The lowest BCUT2D eigenvalue weighted by molar-refractivity contribution is -0.0596. The van der Waals surface area contributed by atoms with Crippen molar-refractivity contribution in [3.63, 3.8) is 0 Å². The smallest absolute Gasteiger partial charge is 0.344 e. The quantitative estimate of drug-likeness (QED) is 0.0744. The fourth-order valence-corrected chi connectivity index (χ4v) is 10.7. The summed E-state index contributed by atoms with van der Waals surface area (Å²) in [5.41, 5.74) is 1.46. The van der Waals surface area contributed by atoms with Crippen molar-refractivity contribution < 1.29 is 44.6 Å². The van der Waals surface area contributed by atoms with Gasteiger partial charge in [-0.15, -0.1) is 0 Å². The molecule has 6 rings (SSSR count). The minimum atomic E-state index is -1.13. The van der Waals surface area contributed by atoms with E-state index >= 15 is 0 Å². The predicted octanol–water partition coefficient (Wildman–Crippen LogP) is 9.25. The fourth-order valence-electron chi connectivity index (χ4n) is 10.7. The van der Waals surface area contributed by atoms with E-state index in [0.717, 1.165) is 73.1 Å². The molecule has 51 heavy (non-hydrogen) atoms. The number of rotatable bonds is 9. The number of phenolic OH excluding ortho intramolecular Hbond substituents is 5. The highest BCUT2D eigenvalue weighted by molar-refractivity contribution is 5.94. The molecule has 0 heterocycles. The highest BCUT2D eigenvalue weighted by atomic mass is 16.6. The van der Waals surface area contributed by atoms with Crippen molar-refractivity contribution in [2.75, 3.05) is 0 Å². The highest BCUT2D eigenvalue weighted by Gasteiger charge is 2.59. The van der Waals surface area contributed by atoms with Crippen LogP contribution in [-0.4, -0.2) is 43.6 Å². The van der Waals surface area contributed by atoms with Crippen molar-refractivity contribution in [2.24, 2.45) is 52.3 Å². The van der Waals surface area contributed by atoms with Crippen LogP contribution in [0.1, 0.15) is 126 Å². The summed E-state index contributed by atoms with van der Waals surface area (Å²) in [6.45, 7) is 14.7. The summed E-state index contributed by atoms with van der Waals surface area (Å²) >= 11 is 0. The maximum Gasteiger partial charge on any atom is 0.344 e. The Morgan fingerprint density at radius 2 is 1.41 bits per heavy atom. The standard InChI is InChI=1S/C42H56O9/c1-22(2)23(3)7-8-24(4)30-11-12-31-29-10-9-27-21-28(13-15-41(27,5)32(29)14-16-42(30,31)6)50-39(48)26-19-35(45)38(36(46)20-26)51-40(49)25-17-33(43)37(47)34(44)18-25/h9,17-20,22-24,28-32,43-47H,7-8,10-16,21H2,1-6H3/t23-,24-,28+,29+,30-,31+,32+,41+,42-/m1/s1. The normalized spacial score (nSPS) is 31.1. The molecule has 4 aliphatic carbocycles. The average Bonchev–Trinajstić information content (AvgIpc) is 3.44. The molecular formula is C42H56O9. The lowest BCUT2D eigenvalue weighted by Crippen LogP contribution is -2.51. The number of ether oxygens (including phenoxy) is 2. The Balaban J connectivity index is 1.09. The van der Waals surface area contributed by atoms with E-state index in [1.165, 1.54) is 44.1 Å². The first-order valence-corrected chi connectivity index (χ1v) is 19.0. The fraction of sp³-hybridized carbons (Fsp3) is 0.619. The van der Waals surface area contributed by atoms with Crippen LogP contribution in [0.5, 0.6) is 34.5 Å². The number of hydrogen-bond acceptors (Lipinski definition) is 9. The van der Waals surface area contributed by atoms with Gasteiger partial charge in [-0.25, -0.2) is 9.59 Å². The molecule has 0 unspecified atom stereocenters. The average molecular weight is 705 g/mol. The van der Waals surface area contributed by atoms with Crippen LogP contribution < -0.4 is 4.74 Å². The molecule has 0 amide bonds. The van der Waals surface area contributed by atoms with E-state index in [-0.39, 0.29) is 22.6 Å². The van der Waals surface area contributed by atoms with E-state index in [4.69, 9.17) is 9.47 Å². The van der Waals surface area contributed by atoms with Gasteiger partial charge in [-0.2, -0.15) is 0 Å². The molecule has 0 spiro atoms. The Morgan fingerprint density at radius 1 is 0.784 bits per heavy atom. The SMILES string of the molecule is CC(C)[C@H](C)CC[C@@H](C)[C@H]1CC[C@H]2[C@@H]3CC=C4C[C@@H](OC(=O)c5cc(O)c(OC(=O)c6cc(O)c(O)c(O)c6)c(O)c5)CC[C@]4(C)[C@H]3CC[C@]12C. The summed E-state index contributed by atoms with van der Waals surface area (Å²) < 4.78 is 11.0. The molecule has 2 aromatic carbocycles. The molecule has 0 aliphatic heterocycles. The number of aromatic hydroxyl groups is 5. The second kappa shape index (κ2) is 13.9. The topological polar surface area (TPSA) is 154 Å². The first-order chi connectivity index (χ1) is 24.0. The van der Waals surface area contributed by atoms with E-state index in [0.29, 0.717) is 23.7 Å². The zero-order valence-electron chi connectivity index (χ0n) is 30.9. The van der Waals surface area contributed by atoms with Crippen molar-refractivity contribution in [2.45, 2.75) is 112 Å². The van der Waals surface area contributed by atoms with E-state index in [1.807, 2.05) is 0 Å². The van der Waals surface area contributed by atoms with E-state index in [2.05, 4.69) is 47.6 Å². The first-order valence-electron chi connectivity index (χ1n) is 19.0. The van der Waals surface area contributed by atoms with Gasteiger partial charge in [-0.05, 0) is 121 Å². The van der Waals surface area contributed by atoms with Crippen molar-refractivity contribution >= 4 is 11.9 Å². The lowest BCUT2D eigenvalue weighted by atomic mass is 9.47. The maximum absolute atomic E-state index is 13.3. The molecule has 9 nitrogen and oxygen atoms in total. The van der Waals surface area contributed by atoms with Gasteiger partial charge in [-0.3, -0.25) is 0 Å². The van der Waals surface area contributed by atoms with Gasteiger partial charge >= 0.3 is 11.9 Å². The molecular weight excluding hydrogens is 648 g/mol. The number of carbonyl (C=O) groups is 2. The molecule has 5 N–H and O–H groups in total. The number of carbonyl (C=O) groups excluding carboxylic acids is 2. The number of benzene rings is 2. The molecule has 0 radical (unpaired) electrons. The third kappa shape index (κ3) is 6.77. The monoisotopic (exact) mass is 704 g/mol. The summed E-state index contributed by atoms with van der Waals surface area (Å²) in [5, 5.41) is 50.1. The van der Waals surface area contributed by atoms with Crippen LogP contribution in [0.15, 0.2) is 35.9 Å². The van der Waals surface area contributed by atoms with Gasteiger partial charge in [0, 0.05) is 6.42 Å². The zero-order valence-corrected chi connectivity index (χ0v) is 30.9. The second-order valence-corrected chi connectivity index (χ2v) is 17.1. The van der Waals surface area contributed by atoms with E-state index in [1.54, 1.807) is 0 Å². The van der Waals surface area contributed by atoms with Gasteiger partial charge in [0.05, 0.1) is 11.1 Å². The molecule has 3 fully saturated rings. The molecule has 4 aliphatic rings. The number of fused-ring (bicyclic) bond motifs is 5. The number of allylic oxidation sites excluding steroid dienone is 1. The van der Waals surface area contributed by atoms with Crippen molar-refractivity contribution in [1.82, 2.24) is 0 Å². The minimum Gasteiger partial charge on any atom is -0.504 e. The summed E-state index contributed by atoms with van der Waals surface area (Å²) in [4.78, 5) is 25.8. The molecule has 278 valence electrons. The van der Waals surface area contributed by atoms with Gasteiger partial charge in [0.2, 0.25) is 5.75 Å². The van der Waals surface area contributed by atoms with Crippen LogP contribution in [0.25, 0.3) is 0 Å². The Bertz CT molecular complexity index is 1650. The largest absolute Gasteiger partial charge is 0.504 e. The summed E-state index contributed by atoms with van der Waals surface area (Å²) in [5.74, 6) is -0.902. The summed E-state index contributed by atoms with van der Waals surface area (Å²) in [6.07, 6.45) is 13.5. The van der Waals surface area contributed by atoms with E-state index in [9.17, 15) is 35.1 Å². The van der Waals surface area contributed by atoms with Crippen molar-refractivity contribution in [3.05, 3.63) is 47.0 Å². The van der Waals surface area contributed by atoms with Crippen LogP contribution in [-0.2, 0) is 4.74 Å². The molecule has 0 saturated heterocycles. The van der Waals surface area contributed by atoms with Crippen LogP contribution in [0.4, 0.5) is 0 Å². The minimum absolute atomic E-state index is 0.0917. The molecule has 0 bridgehead atoms. The molecule has 0 aromatic heterocycles. The van der Waals surface area contributed by atoms with Crippen LogP contribution in [0, 0.1) is 52.3 Å². The maximum atomic E-state index is 13.3. The van der Waals surface area contributed by atoms with Crippen molar-refractivity contribution in [1.29, 1.82) is 0 Å². The van der Waals surface area contributed by atoms with Crippen LogP contribution >= 0.6 is 0 Å².